The van der Waals surface area contributed by atoms with Crippen molar-refractivity contribution in [2.24, 2.45) is 11.3 Å². The first-order valence-corrected chi connectivity index (χ1v) is 7.05. The van der Waals surface area contributed by atoms with Gasteiger partial charge < -0.3 is 4.74 Å². The van der Waals surface area contributed by atoms with Gasteiger partial charge in [-0.05, 0) is 24.7 Å². The highest BCUT2D eigenvalue weighted by Crippen LogP contribution is 2.24. The molecule has 0 heterocycles. The summed E-state index contributed by atoms with van der Waals surface area (Å²) in [5.41, 5.74) is 0.369. The zero-order valence-corrected chi connectivity index (χ0v) is 12.1. The van der Waals surface area contributed by atoms with Crippen molar-refractivity contribution >= 4 is 0 Å². The number of unbranched alkanes of at least 4 members (excludes halogenated alkanes) is 3. The zero-order chi connectivity index (χ0) is 12.4. The van der Waals surface area contributed by atoms with Crippen molar-refractivity contribution < 1.29 is 4.74 Å². The van der Waals surface area contributed by atoms with E-state index >= 15 is 0 Å². The Labute approximate surface area is 103 Å². The average molecular weight is 228 g/mol. The minimum absolute atomic E-state index is 0.369. The Morgan fingerprint density at radius 2 is 1.62 bits per heavy atom. The number of hydrogen-bond acceptors (Lipinski definition) is 1. The molecule has 0 amide bonds. The highest BCUT2D eigenvalue weighted by molar-refractivity contribution is 4.67. The van der Waals surface area contributed by atoms with Crippen molar-refractivity contribution in [3.8, 4) is 0 Å². The summed E-state index contributed by atoms with van der Waals surface area (Å²) in [5, 5.41) is 0. The van der Waals surface area contributed by atoms with E-state index in [2.05, 4.69) is 34.6 Å². The van der Waals surface area contributed by atoms with Crippen LogP contribution in [0.15, 0.2) is 0 Å². The van der Waals surface area contributed by atoms with Crippen molar-refractivity contribution in [2.75, 3.05) is 13.2 Å². The third-order valence-corrected chi connectivity index (χ3v) is 3.08. The second-order valence-electron chi connectivity index (χ2n) is 6.15. The van der Waals surface area contributed by atoms with Gasteiger partial charge in [0.1, 0.15) is 0 Å². The average Bonchev–Trinajstić information content (AvgIpc) is 2.20. The summed E-state index contributed by atoms with van der Waals surface area (Å²) in [7, 11) is 0. The van der Waals surface area contributed by atoms with Crippen molar-refractivity contribution in [1.82, 2.24) is 0 Å². The van der Waals surface area contributed by atoms with E-state index in [0.717, 1.165) is 19.1 Å². The molecule has 0 atom stereocenters. The van der Waals surface area contributed by atoms with Gasteiger partial charge in [-0.15, -0.1) is 0 Å². The van der Waals surface area contributed by atoms with Crippen LogP contribution in [0, 0.1) is 11.3 Å². The number of rotatable bonds is 10. The molecule has 0 bridgehead atoms. The van der Waals surface area contributed by atoms with Gasteiger partial charge in [0.15, 0.2) is 0 Å². The second-order valence-corrected chi connectivity index (χ2v) is 6.15. The largest absolute Gasteiger partial charge is 0.381 e. The lowest BCUT2D eigenvalue weighted by Crippen LogP contribution is -2.19. The van der Waals surface area contributed by atoms with E-state index in [0.29, 0.717) is 5.41 Å². The first-order chi connectivity index (χ1) is 7.48. The Morgan fingerprint density at radius 1 is 1.00 bits per heavy atom. The predicted molar refractivity (Wildman–Crippen MR) is 72.8 cm³/mol. The van der Waals surface area contributed by atoms with E-state index < -0.39 is 0 Å². The molecule has 0 fully saturated rings. The lowest BCUT2D eigenvalue weighted by atomic mass is 9.87. The summed E-state index contributed by atoms with van der Waals surface area (Å²) in [6.07, 6.45) is 8.25. The maximum absolute atomic E-state index is 5.51. The van der Waals surface area contributed by atoms with Gasteiger partial charge in [-0.3, -0.25) is 0 Å². The van der Waals surface area contributed by atoms with Crippen LogP contribution in [0.4, 0.5) is 0 Å². The fraction of sp³-hybridized carbons (Fsp3) is 1.00. The van der Waals surface area contributed by atoms with E-state index in [1.807, 2.05) is 0 Å². The molecule has 0 N–H and O–H groups in total. The lowest BCUT2D eigenvalue weighted by molar-refractivity contribution is 0.0645. The zero-order valence-electron chi connectivity index (χ0n) is 12.1. The first kappa shape index (κ1) is 16.0. The SMILES string of the molecule is CCOCC(C)(C)CCCCCCC(C)C. The fourth-order valence-electron chi connectivity index (χ4n) is 1.96. The highest BCUT2D eigenvalue weighted by atomic mass is 16.5. The molecule has 0 aromatic heterocycles. The Bertz CT molecular complexity index is 150. The molecule has 0 saturated heterocycles. The van der Waals surface area contributed by atoms with Crippen LogP contribution < -0.4 is 0 Å². The molecule has 0 rings (SSSR count). The van der Waals surface area contributed by atoms with Crippen molar-refractivity contribution in [1.29, 1.82) is 0 Å². The van der Waals surface area contributed by atoms with Crippen LogP contribution in [0.3, 0.4) is 0 Å². The number of hydrogen-bond donors (Lipinski definition) is 0. The summed E-state index contributed by atoms with van der Waals surface area (Å²) in [4.78, 5) is 0. The van der Waals surface area contributed by atoms with Crippen LogP contribution >= 0.6 is 0 Å². The Hall–Kier alpha value is -0.0400. The highest BCUT2D eigenvalue weighted by Gasteiger charge is 2.16. The topological polar surface area (TPSA) is 9.23 Å². The maximum Gasteiger partial charge on any atom is 0.0516 e. The maximum atomic E-state index is 5.51. The lowest BCUT2D eigenvalue weighted by Gasteiger charge is -2.24. The number of ether oxygens (including phenoxy) is 1. The van der Waals surface area contributed by atoms with Gasteiger partial charge in [-0.2, -0.15) is 0 Å². The van der Waals surface area contributed by atoms with Crippen LogP contribution in [0.25, 0.3) is 0 Å². The summed E-state index contributed by atoms with van der Waals surface area (Å²) in [6, 6.07) is 0. The van der Waals surface area contributed by atoms with Gasteiger partial charge >= 0.3 is 0 Å². The van der Waals surface area contributed by atoms with E-state index in [-0.39, 0.29) is 0 Å². The van der Waals surface area contributed by atoms with E-state index in [1.54, 1.807) is 0 Å². The molecular formula is C15H32O. The van der Waals surface area contributed by atoms with Gasteiger partial charge in [0.05, 0.1) is 6.61 Å². The first-order valence-electron chi connectivity index (χ1n) is 7.05. The molecule has 0 radical (unpaired) electrons. The molecule has 98 valence electrons. The predicted octanol–water partition coefficient (Wildman–Crippen LogP) is 5.05. The summed E-state index contributed by atoms with van der Waals surface area (Å²) < 4.78 is 5.51. The van der Waals surface area contributed by atoms with Crippen LogP contribution in [0.2, 0.25) is 0 Å². The van der Waals surface area contributed by atoms with Crippen LogP contribution in [-0.2, 0) is 4.74 Å². The smallest absolute Gasteiger partial charge is 0.0516 e. The van der Waals surface area contributed by atoms with Crippen molar-refractivity contribution in [3.63, 3.8) is 0 Å². The summed E-state index contributed by atoms with van der Waals surface area (Å²) >= 11 is 0. The quantitative estimate of drug-likeness (QED) is 0.476. The summed E-state index contributed by atoms with van der Waals surface area (Å²) in [6.45, 7) is 13.1. The monoisotopic (exact) mass is 228 g/mol. The third-order valence-electron chi connectivity index (χ3n) is 3.08. The van der Waals surface area contributed by atoms with Gasteiger partial charge in [0, 0.05) is 6.61 Å². The minimum Gasteiger partial charge on any atom is -0.381 e. The third kappa shape index (κ3) is 10.5. The molecule has 16 heavy (non-hydrogen) atoms. The molecule has 0 aliphatic heterocycles. The standard InChI is InChI=1S/C15H32O/c1-6-16-13-15(4,5)12-10-8-7-9-11-14(2)3/h14H,6-13H2,1-5H3. The molecule has 0 unspecified atom stereocenters. The van der Waals surface area contributed by atoms with E-state index in [1.165, 1.54) is 38.5 Å². The molecule has 0 aliphatic carbocycles. The van der Waals surface area contributed by atoms with E-state index in [4.69, 9.17) is 4.74 Å². The van der Waals surface area contributed by atoms with Crippen LogP contribution in [0.1, 0.15) is 73.1 Å². The normalized spacial score (nSPS) is 12.4. The molecule has 0 aliphatic rings. The summed E-state index contributed by atoms with van der Waals surface area (Å²) in [5.74, 6) is 0.870. The fourth-order valence-corrected chi connectivity index (χ4v) is 1.96. The Kier molecular flexibility index (Phi) is 9.02. The molecule has 0 aromatic carbocycles. The molecule has 1 nitrogen and oxygen atoms in total. The van der Waals surface area contributed by atoms with Gasteiger partial charge in [-0.1, -0.05) is 59.8 Å². The molecule has 0 saturated carbocycles. The van der Waals surface area contributed by atoms with Gasteiger partial charge in [-0.25, -0.2) is 0 Å². The molecular weight excluding hydrogens is 196 g/mol. The van der Waals surface area contributed by atoms with Crippen LogP contribution in [0.5, 0.6) is 0 Å². The van der Waals surface area contributed by atoms with Gasteiger partial charge in [0.2, 0.25) is 0 Å². The van der Waals surface area contributed by atoms with E-state index in [9.17, 15) is 0 Å². The Morgan fingerprint density at radius 3 is 2.19 bits per heavy atom. The molecule has 0 aromatic rings. The second kappa shape index (κ2) is 9.04. The van der Waals surface area contributed by atoms with Crippen molar-refractivity contribution in [3.05, 3.63) is 0 Å². The molecule has 1 heteroatoms. The van der Waals surface area contributed by atoms with Gasteiger partial charge in [0.25, 0.3) is 0 Å². The Balaban J connectivity index is 3.35. The van der Waals surface area contributed by atoms with Crippen molar-refractivity contribution in [2.45, 2.75) is 73.1 Å². The van der Waals surface area contributed by atoms with Crippen LogP contribution in [-0.4, -0.2) is 13.2 Å². The minimum atomic E-state index is 0.369. The molecule has 0 spiro atoms.